The Labute approximate surface area is 97.7 Å². The first kappa shape index (κ1) is 9.77. The molecule has 0 aromatic rings. The van der Waals surface area contributed by atoms with Gasteiger partial charge in [-0.3, -0.25) is 0 Å². The lowest BCUT2D eigenvalue weighted by Gasteiger charge is -2.36. The monoisotopic (exact) mass is 208 g/mol. The van der Waals surface area contributed by atoms with Crippen LogP contribution in [0.1, 0.15) is 13.8 Å². The van der Waals surface area contributed by atoms with Crippen molar-refractivity contribution in [1.82, 2.24) is 0 Å². The fourth-order valence-electron chi connectivity index (χ4n) is 2.96. The third-order valence-electron chi connectivity index (χ3n) is 3.91. The first-order valence-corrected chi connectivity index (χ1v) is 5.90. The summed E-state index contributed by atoms with van der Waals surface area (Å²) in [4.78, 5) is 0. The van der Waals surface area contributed by atoms with Crippen molar-refractivity contribution in [3.8, 4) is 0 Å². The van der Waals surface area contributed by atoms with Crippen molar-refractivity contribution >= 4 is 0 Å². The molecule has 0 fully saturated rings. The van der Waals surface area contributed by atoms with E-state index in [2.05, 4.69) is 62.5 Å². The molecule has 0 aliphatic heterocycles. The molecule has 0 nitrogen and oxygen atoms in total. The van der Waals surface area contributed by atoms with Gasteiger partial charge in [0.05, 0.1) is 17.4 Å². The summed E-state index contributed by atoms with van der Waals surface area (Å²) >= 11 is 0. The molecule has 0 aromatic carbocycles. The molecule has 0 amide bonds. The summed E-state index contributed by atoms with van der Waals surface area (Å²) in [5.41, 5.74) is 2.94. The SMILES string of the molecule is C[C]1[C+]2C=CC=CC2=C(C)C2C=CC=CC12. The zero-order valence-electron chi connectivity index (χ0n) is 9.77. The van der Waals surface area contributed by atoms with Crippen LogP contribution in [-0.4, -0.2) is 0 Å². The molecule has 0 spiro atoms. The smallest absolute Gasteiger partial charge is 0.0778 e. The summed E-state index contributed by atoms with van der Waals surface area (Å²) in [6, 6.07) is 0. The van der Waals surface area contributed by atoms with Crippen molar-refractivity contribution in [3.05, 3.63) is 71.6 Å². The van der Waals surface area contributed by atoms with Crippen LogP contribution in [-0.2, 0) is 0 Å². The first-order valence-electron chi connectivity index (χ1n) is 5.90. The highest BCUT2D eigenvalue weighted by atomic mass is 14.4. The van der Waals surface area contributed by atoms with Crippen molar-refractivity contribution in [1.29, 1.82) is 0 Å². The average Bonchev–Trinajstić information content (AvgIpc) is 2.36. The Hall–Kier alpha value is -1.43. The molecule has 3 aliphatic carbocycles. The third kappa shape index (κ3) is 1.26. The molecule has 2 atom stereocenters. The van der Waals surface area contributed by atoms with Gasteiger partial charge in [0.2, 0.25) is 0 Å². The zero-order chi connectivity index (χ0) is 11.1. The summed E-state index contributed by atoms with van der Waals surface area (Å²) in [6.45, 7) is 4.54. The van der Waals surface area contributed by atoms with E-state index in [4.69, 9.17) is 0 Å². The van der Waals surface area contributed by atoms with Gasteiger partial charge in [0, 0.05) is 41.7 Å². The Morgan fingerprint density at radius 2 is 1.69 bits per heavy atom. The molecule has 0 bridgehead atoms. The first-order chi connectivity index (χ1) is 7.79. The van der Waals surface area contributed by atoms with Crippen LogP contribution in [0.3, 0.4) is 0 Å². The van der Waals surface area contributed by atoms with E-state index in [1.54, 1.807) is 0 Å². The Bertz CT molecular complexity index is 443. The van der Waals surface area contributed by atoms with E-state index in [0.29, 0.717) is 11.8 Å². The lowest BCUT2D eigenvalue weighted by atomic mass is 9.63. The molecule has 1 radical (unpaired) electrons. The number of hydrogen-bond acceptors (Lipinski definition) is 0. The molecule has 0 heterocycles. The number of rotatable bonds is 0. The van der Waals surface area contributed by atoms with E-state index in [9.17, 15) is 0 Å². The van der Waals surface area contributed by atoms with Gasteiger partial charge in [0.1, 0.15) is 0 Å². The Kier molecular flexibility index (Phi) is 2.17. The zero-order valence-corrected chi connectivity index (χ0v) is 9.77. The summed E-state index contributed by atoms with van der Waals surface area (Å²) in [5.74, 6) is 4.08. The highest BCUT2D eigenvalue weighted by Crippen LogP contribution is 2.48. The molecule has 3 rings (SSSR count). The van der Waals surface area contributed by atoms with Gasteiger partial charge < -0.3 is 0 Å². The molecule has 0 aromatic heterocycles. The second kappa shape index (κ2) is 3.55. The minimum atomic E-state index is 0.569. The quantitative estimate of drug-likeness (QED) is 0.528. The van der Waals surface area contributed by atoms with Crippen LogP contribution < -0.4 is 0 Å². The molecule has 16 heavy (non-hydrogen) atoms. The van der Waals surface area contributed by atoms with Crippen molar-refractivity contribution in [2.75, 3.05) is 0 Å². The van der Waals surface area contributed by atoms with Crippen molar-refractivity contribution in [3.63, 3.8) is 0 Å². The minimum Gasteiger partial charge on any atom is -0.0778 e. The molecule has 0 heteroatoms. The molecular weight excluding hydrogens is 192 g/mol. The third-order valence-corrected chi connectivity index (χ3v) is 3.91. The van der Waals surface area contributed by atoms with Crippen LogP contribution in [0.4, 0.5) is 0 Å². The Morgan fingerprint density at radius 3 is 2.50 bits per heavy atom. The fourth-order valence-corrected chi connectivity index (χ4v) is 2.96. The molecule has 79 valence electrons. The Balaban J connectivity index is 2.11. The van der Waals surface area contributed by atoms with E-state index in [-0.39, 0.29) is 0 Å². The standard InChI is InChI=1S/C16H16/c1-11-13-7-3-5-9-15(13)12(2)16-10-6-4-8-14(11)16/h3-10,13,15H,1-2H3/q+1. The molecule has 0 saturated heterocycles. The van der Waals surface area contributed by atoms with Crippen LogP contribution in [0.25, 0.3) is 0 Å². The molecular formula is C16H16+. The second-order valence-corrected chi connectivity index (χ2v) is 4.73. The molecule has 0 saturated carbocycles. The number of hydrogen-bond donors (Lipinski definition) is 0. The fraction of sp³-hybridized carbons (Fsp3) is 0.250. The van der Waals surface area contributed by atoms with E-state index in [1.165, 1.54) is 23.0 Å². The summed E-state index contributed by atoms with van der Waals surface area (Å²) < 4.78 is 0. The second-order valence-electron chi connectivity index (χ2n) is 4.73. The van der Waals surface area contributed by atoms with Crippen LogP contribution in [0.15, 0.2) is 59.8 Å². The maximum Gasteiger partial charge on any atom is 0.0988 e. The van der Waals surface area contributed by atoms with Gasteiger partial charge in [-0.1, -0.05) is 24.3 Å². The number of fused-ring (bicyclic) bond motifs is 2. The van der Waals surface area contributed by atoms with Gasteiger partial charge in [-0.15, -0.1) is 0 Å². The molecule has 3 aliphatic rings. The van der Waals surface area contributed by atoms with E-state index < -0.39 is 0 Å². The lowest BCUT2D eigenvalue weighted by molar-refractivity contribution is 0.518. The summed E-state index contributed by atoms with van der Waals surface area (Å²) in [6.07, 6.45) is 17.8. The highest BCUT2D eigenvalue weighted by Gasteiger charge is 2.43. The number of allylic oxidation sites excluding steroid dienone is 10. The normalized spacial score (nSPS) is 32.0. The minimum absolute atomic E-state index is 0.569. The van der Waals surface area contributed by atoms with Gasteiger partial charge in [0.25, 0.3) is 0 Å². The highest BCUT2D eigenvalue weighted by molar-refractivity contribution is 5.60. The van der Waals surface area contributed by atoms with Crippen LogP contribution >= 0.6 is 0 Å². The average molecular weight is 208 g/mol. The maximum atomic E-state index is 2.33. The van der Waals surface area contributed by atoms with Crippen molar-refractivity contribution in [2.24, 2.45) is 11.8 Å². The topological polar surface area (TPSA) is 0 Å². The summed E-state index contributed by atoms with van der Waals surface area (Å²) in [7, 11) is 0. The van der Waals surface area contributed by atoms with E-state index >= 15 is 0 Å². The predicted molar refractivity (Wildman–Crippen MR) is 68.4 cm³/mol. The van der Waals surface area contributed by atoms with Gasteiger partial charge in [-0.2, -0.15) is 0 Å². The van der Waals surface area contributed by atoms with Gasteiger partial charge in [-0.25, -0.2) is 0 Å². The van der Waals surface area contributed by atoms with Gasteiger partial charge in [0.15, 0.2) is 0 Å². The van der Waals surface area contributed by atoms with Crippen LogP contribution in [0.5, 0.6) is 0 Å². The van der Waals surface area contributed by atoms with E-state index in [1.807, 2.05) is 0 Å². The maximum absolute atomic E-state index is 2.33. The lowest BCUT2D eigenvalue weighted by Crippen LogP contribution is -2.30. The van der Waals surface area contributed by atoms with E-state index in [0.717, 1.165) is 0 Å². The van der Waals surface area contributed by atoms with Gasteiger partial charge in [-0.05, 0) is 13.8 Å². The molecule has 2 unspecified atom stereocenters. The predicted octanol–water partition coefficient (Wildman–Crippen LogP) is 3.97. The van der Waals surface area contributed by atoms with Gasteiger partial charge >= 0.3 is 0 Å². The summed E-state index contributed by atoms with van der Waals surface area (Å²) in [5, 5.41) is 0. The Morgan fingerprint density at radius 1 is 0.938 bits per heavy atom. The van der Waals surface area contributed by atoms with Crippen LogP contribution in [0.2, 0.25) is 0 Å². The largest absolute Gasteiger partial charge is 0.0988 e. The van der Waals surface area contributed by atoms with Crippen molar-refractivity contribution < 1.29 is 0 Å². The van der Waals surface area contributed by atoms with Crippen molar-refractivity contribution in [2.45, 2.75) is 13.8 Å². The van der Waals surface area contributed by atoms with Crippen LogP contribution in [0, 0.1) is 23.7 Å². The molecule has 0 N–H and O–H groups in total.